The highest BCUT2D eigenvalue weighted by atomic mass is 19.1. The van der Waals surface area contributed by atoms with Crippen LogP contribution in [0.25, 0.3) is 0 Å². The van der Waals surface area contributed by atoms with E-state index in [4.69, 9.17) is 9.47 Å². The van der Waals surface area contributed by atoms with Crippen LogP contribution in [0.1, 0.15) is 17.5 Å². The zero-order valence-electron chi connectivity index (χ0n) is 19.2. The Hall–Kier alpha value is -3.04. The van der Waals surface area contributed by atoms with Gasteiger partial charge in [0, 0.05) is 49.4 Å². The molecule has 9 heteroatoms. The minimum Gasteiger partial charge on any atom is -0.493 e. The second-order valence-electron chi connectivity index (χ2n) is 9.09. The van der Waals surface area contributed by atoms with Crippen LogP contribution < -0.4 is 15.0 Å². The number of nitrogens with one attached hydrogen (secondary N) is 1. The van der Waals surface area contributed by atoms with Crippen molar-refractivity contribution < 1.29 is 18.3 Å². The topological polar surface area (TPSA) is 64.4 Å². The number of rotatable bonds is 7. The van der Waals surface area contributed by atoms with Gasteiger partial charge in [-0.15, -0.1) is 0 Å². The van der Waals surface area contributed by atoms with Gasteiger partial charge in [0.25, 0.3) is 0 Å². The number of piperazine rings is 1. The zero-order chi connectivity index (χ0) is 23.5. The molecule has 2 aromatic carbocycles. The van der Waals surface area contributed by atoms with Gasteiger partial charge in [-0.2, -0.15) is 5.10 Å². The minimum absolute atomic E-state index is 0.0419. The van der Waals surface area contributed by atoms with Crippen molar-refractivity contribution in [2.75, 3.05) is 44.3 Å². The Balaban J connectivity index is 1.29. The van der Waals surface area contributed by atoms with Crippen LogP contribution in [0.2, 0.25) is 0 Å². The summed E-state index contributed by atoms with van der Waals surface area (Å²) in [4.78, 5) is 6.35. The van der Waals surface area contributed by atoms with Crippen molar-refractivity contribution in [2.24, 2.45) is 5.92 Å². The highest BCUT2D eigenvalue weighted by Crippen LogP contribution is 2.42. The van der Waals surface area contributed by atoms with E-state index < -0.39 is 17.2 Å². The largest absolute Gasteiger partial charge is 0.493 e. The first-order chi connectivity index (χ1) is 16.5. The standard InChI is InChI=1S/C25H29F2N5O2/c1-18-10-21(31-8-6-28-7-9-31)3-5-24(18)33-13-19-12-25(34-14-19,15-32-17-29-16-30-32)22-4-2-20(26)11-23(22)27/h2-5,10-11,16-17,19,28H,6-9,12-15H2,1H3/t19?,25-/m0/s1. The maximum atomic E-state index is 14.8. The van der Waals surface area contributed by atoms with Gasteiger partial charge in [-0.1, -0.05) is 6.07 Å². The fourth-order valence-electron chi connectivity index (χ4n) is 4.91. The molecule has 5 rings (SSSR count). The first kappa shape index (κ1) is 22.7. The summed E-state index contributed by atoms with van der Waals surface area (Å²) in [6.07, 6.45) is 3.52. The molecule has 2 aliphatic rings. The van der Waals surface area contributed by atoms with Crippen LogP contribution in [-0.2, 0) is 16.9 Å². The fraction of sp³-hybridized carbons (Fsp3) is 0.440. The van der Waals surface area contributed by atoms with Gasteiger partial charge in [0.2, 0.25) is 0 Å². The third-order valence-electron chi connectivity index (χ3n) is 6.63. The maximum Gasteiger partial charge on any atom is 0.137 e. The second kappa shape index (κ2) is 9.68. The third kappa shape index (κ3) is 4.76. The molecule has 0 radical (unpaired) electrons. The number of benzene rings is 2. The molecule has 0 saturated carbocycles. The predicted molar refractivity (Wildman–Crippen MR) is 124 cm³/mol. The average molecular weight is 470 g/mol. The maximum absolute atomic E-state index is 14.8. The molecule has 1 N–H and O–H groups in total. The van der Waals surface area contributed by atoms with Crippen LogP contribution >= 0.6 is 0 Å². The smallest absolute Gasteiger partial charge is 0.137 e. The first-order valence-electron chi connectivity index (χ1n) is 11.6. The highest BCUT2D eigenvalue weighted by molar-refractivity contribution is 5.53. The van der Waals surface area contributed by atoms with E-state index >= 15 is 0 Å². The van der Waals surface area contributed by atoms with Crippen LogP contribution in [0.15, 0.2) is 49.1 Å². The van der Waals surface area contributed by atoms with Gasteiger partial charge in [-0.05, 0) is 43.2 Å². The Morgan fingerprint density at radius 3 is 2.76 bits per heavy atom. The molecule has 2 atom stereocenters. The molecule has 2 saturated heterocycles. The van der Waals surface area contributed by atoms with Gasteiger partial charge < -0.3 is 19.7 Å². The highest BCUT2D eigenvalue weighted by Gasteiger charge is 2.44. The molecule has 7 nitrogen and oxygen atoms in total. The third-order valence-corrected chi connectivity index (χ3v) is 6.63. The van der Waals surface area contributed by atoms with Crippen molar-refractivity contribution in [1.82, 2.24) is 20.1 Å². The monoisotopic (exact) mass is 469 g/mol. The summed E-state index contributed by atoms with van der Waals surface area (Å²) in [5, 5.41) is 7.54. The van der Waals surface area contributed by atoms with Crippen LogP contribution in [0, 0.1) is 24.5 Å². The van der Waals surface area contributed by atoms with E-state index in [0.29, 0.717) is 25.2 Å². The average Bonchev–Trinajstić information content (AvgIpc) is 3.49. The number of hydrogen-bond acceptors (Lipinski definition) is 6. The molecule has 0 aliphatic carbocycles. The van der Waals surface area contributed by atoms with Crippen molar-refractivity contribution in [3.63, 3.8) is 0 Å². The SMILES string of the molecule is Cc1cc(N2CCNCC2)ccc1OCC1CO[C@@](Cn2cncn2)(c2ccc(F)cc2F)C1. The first-order valence-corrected chi connectivity index (χ1v) is 11.6. The number of aryl methyl sites for hydroxylation is 1. The molecule has 1 aromatic heterocycles. The van der Waals surface area contributed by atoms with E-state index in [1.165, 1.54) is 24.1 Å². The molecule has 1 unspecified atom stereocenters. The van der Waals surface area contributed by atoms with E-state index in [-0.39, 0.29) is 12.5 Å². The number of anilines is 1. The Labute approximate surface area is 197 Å². The number of ether oxygens (including phenoxy) is 2. The molecule has 0 bridgehead atoms. The van der Waals surface area contributed by atoms with E-state index in [2.05, 4.69) is 39.4 Å². The molecule has 2 aliphatic heterocycles. The quantitative estimate of drug-likeness (QED) is 0.573. The molecule has 2 fully saturated rings. The van der Waals surface area contributed by atoms with Gasteiger partial charge in [-0.25, -0.2) is 18.4 Å². The fourth-order valence-corrected chi connectivity index (χ4v) is 4.91. The summed E-state index contributed by atoms with van der Waals surface area (Å²) in [6.45, 7) is 7.15. The van der Waals surface area contributed by atoms with Crippen LogP contribution in [0.3, 0.4) is 0 Å². The number of halogens is 2. The van der Waals surface area contributed by atoms with Crippen LogP contribution in [-0.4, -0.2) is 54.2 Å². The predicted octanol–water partition coefficient (Wildman–Crippen LogP) is 3.29. The van der Waals surface area contributed by atoms with Crippen molar-refractivity contribution in [3.8, 4) is 5.75 Å². The van der Waals surface area contributed by atoms with Crippen molar-refractivity contribution in [1.29, 1.82) is 0 Å². The second-order valence-corrected chi connectivity index (χ2v) is 9.09. The van der Waals surface area contributed by atoms with E-state index in [1.54, 1.807) is 11.0 Å². The summed E-state index contributed by atoms with van der Waals surface area (Å²) < 4.78 is 42.4. The molecule has 0 amide bonds. The lowest BCUT2D eigenvalue weighted by Crippen LogP contribution is -2.43. The molecule has 180 valence electrons. The molecule has 3 aromatic rings. The molecular weight excluding hydrogens is 440 g/mol. The Kier molecular flexibility index (Phi) is 6.47. The zero-order valence-corrected chi connectivity index (χ0v) is 19.2. The van der Waals surface area contributed by atoms with E-state index in [0.717, 1.165) is 43.6 Å². The van der Waals surface area contributed by atoms with Crippen molar-refractivity contribution in [3.05, 3.63) is 71.8 Å². The summed E-state index contributed by atoms with van der Waals surface area (Å²) in [5.41, 5.74) is 1.63. The number of aromatic nitrogens is 3. The number of nitrogens with zero attached hydrogens (tertiary/aromatic N) is 4. The summed E-state index contributed by atoms with van der Waals surface area (Å²) in [6, 6.07) is 9.90. The lowest BCUT2D eigenvalue weighted by Gasteiger charge is -2.30. The van der Waals surface area contributed by atoms with Gasteiger partial charge in [0.15, 0.2) is 0 Å². The normalized spacial score (nSPS) is 22.8. The molecular formula is C25H29F2N5O2. The van der Waals surface area contributed by atoms with Crippen molar-refractivity contribution in [2.45, 2.75) is 25.5 Å². The van der Waals surface area contributed by atoms with Crippen molar-refractivity contribution >= 4 is 5.69 Å². The number of hydrogen-bond donors (Lipinski definition) is 1. The minimum atomic E-state index is -0.972. The van der Waals surface area contributed by atoms with E-state index in [9.17, 15) is 8.78 Å². The summed E-state index contributed by atoms with van der Waals surface area (Å²) >= 11 is 0. The molecule has 3 heterocycles. The van der Waals surface area contributed by atoms with Crippen LogP contribution in [0.4, 0.5) is 14.5 Å². The Morgan fingerprint density at radius 2 is 2.03 bits per heavy atom. The lowest BCUT2D eigenvalue weighted by molar-refractivity contribution is -0.0206. The van der Waals surface area contributed by atoms with Gasteiger partial charge in [-0.3, -0.25) is 0 Å². The lowest BCUT2D eigenvalue weighted by atomic mass is 9.87. The Bertz CT molecular complexity index is 1120. The Morgan fingerprint density at radius 1 is 1.18 bits per heavy atom. The van der Waals surface area contributed by atoms with Gasteiger partial charge in [0.1, 0.15) is 35.6 Å². The summed E-state index contributed by atoms with van der Waals surface area (Å²) in [5.74, 6) is -0.364. The van der Waals surface area contributed by atoms with E-state index in [1.807, 2.05) is 6.07 Å². The van der Waals surface area contributed by atoms with Crippen LogP contribution in [0.5, 0.6) is 5.75 Å². The van der Waals surface area contributed by atoms with Gasteiger partial charge >= 0.3 is 0 Å². The summed E-state index contributed by atoms with van der Waals surface area (Å²) in [7, 11) is 0. The molecule has 0 spiro atoms. The molecule has 34 heavy (non-hydrogen) atoms. The van der Waals surface area contributed by atoms with Gasteiger partial charge in [0.05, 0.1) is 19.8 Å².